The maximum atomic E-state index is 13.7. The fourth-order valence-corrected chi connectivity index (χ4v) is 1.99. The number of halogens is 2. The molecular formula is C16H15BrFNO3. The molecule has 0 saturated carbocycles. The van der Waals surface area contributed by atoms with Gasteiger partial charge >= 0.3 is 0 Å². The lowest BCUT2D eigenvalue weighted by Gasteiger charge is -2.09. The zero-order valence-electron chi connectivity index (χ0n) is 11.9. The third kappa shape index (κ3) is 4.73. The molecule has 1 N–H and O–H groups in total. The minimum absolute atomic E-state index is 0.156. The summed E-state index contributed by atoms with van der Waals surface area (Å²) in [5, 5.41) is 2.56. The average Bonchev–Trinajstić information content (AvgIpc) is 2.50. The van der Waals surface area contributed by atoms with Crippen molar-refractivity contribution in [2.45, 2.75) is 6.92 Å². The molecule has 0 spiro atoms. The largest absolute Gasteiger partial charge is 0.491 e. The topological polar surface area (TPSA) is 47.6 Å². The second-order valence-electron chi connectivity index (χ2n) is 4.37. The van der Waals surface area contributed by atoms with Gasteiger partial charge in [0.15, 0.2) is 18.2 Å². The second-order valence-corrected chi connectivity index (χ2v) is 5.28. The van der Waals surface area contributed by atoms with E-state index in [1.807, 2.05) is 12.1 Å². The van der Waals surface area contributed by atoms with Crippen molar-refractivity contribution in [3.05, 3.63) is 52.8 Å². The molecule has 0 aliphatic heterocycles. The van der Waals surface area contributed by atoms with E-state index in [-0.39, 0.29) is 18.3 Å². The van der Waals surface area contributed by atoms with Gasteiger partial charge in [0.05, 0.1) is 6.61 Å². The third-order valence-electron chi connectivity index (χ3n) is 2.70. The molecule has 2 aromatic rings. The number of amides is 1. The minimum Gasteiger partial charge on any atom is -0.491 e. The van der Waals surface area contributed by atoms with E-state index >= 15 is 0 Å². The zero-order valence-corrected chi connectivity index (χ0v) is 13.5. The van der Waals surface area contributed by atoms with Crippen molar-refractivity contribution < 1.29 is 18.7 Å². The Balaban J connectivity index is 1.89. The van der Waals surface area contributed by atoms with Crippen molar-refractivity contribution in [2.24, 2.45) is 0 Å². The molecule has 0 saturated heterocycles. The van der Waals surface area contributed by atoms with E-state index in [0.29, 0.717) is 18.0 Å². The molecule has 0 bridgehead atoms. The highest BCUT2D eigenvalue weighted by atomic mass is 79.9. The van der Waals surface area contributed by atoms with Gasteiger partial charge in [-0.3, -0.25) is 4.79 Å². The predicted octanol–water partition coefficient (Wildman–Crippen LogP) is 4.00. The van der Waals surface area contributed by atoms with Crippen LogP contribution in [0.5, 0.6) is 11.5 Å². The van der Waals surface area contributed by atoms with Crippen molar-refractivity contribution in [1.29, 1.82) is 0 Å². The Morgan fingerprint density at radius 1 is 1.18 bits per heavy atom. The molecule has 2 aromatic carbocycles. The Morgan fingerprint density at radius 2 is 1.91 bits per heavy atom. The lowest BCUT2D eigenvalue weighted by molar-refractivity contribution is -0.118. The van der Waals surface area contributed by atoms with Gasteiger partial charge in [0.1, 0.15) is 5.75 Å². The monoisotopic (exact) mass is 367 g/mol. The molecule has 0 radical (unpaired) electrons. The van der Waals surface area contributed by atoms with Crippen molar-refractivity contribution in [1.82, 2.24) is 0 Å². The van der Waals surface area contributed by atoms with Crippen LogP contribution in [0.15, 0.2) is 46.9 Å². The van der Waals surface area contributed by atoms with E-state index in [2.05, 4.69) is 21.2 Å². The summed E-state index contributed by atoms with van der Waals surface area (Å²) in [6, 6.07) is 11.4. The zero-order chi connectivity index (χ0) is 15.9. The maximum Gasteiger partial charge on any atom is 0.262 e. The molecule has 1 amide bonds. The number of carbonyl (C=O) groups excluding carboxylic acids is 1. The second kappa shape index (κ2) is 7.79. The molecule has 0 atom stereocenters. The number of nitrogens with one attached hydrogen (secondary N) is 1. The molecule has 0 heterocycles. The van der Waals surface area contributed by atoms with Gasteiger partial charge in [-0.05, 0) is 43.3 Å². The summed E-state index contributed by atoms with van der Waals surface area (Å²) >= 11 is 3.31. The van der Waals surface area contributed by atoms with Crippen LogP contribution in [0.2, 0.25) is 0 Å². The standard InChI is InChI=1S/C16H15BrFNO3/c1-2-21-15-8-5-12(9-14(15)18)19-16(20)10-22-13-6-3-11(17)4-7-13/h3-9H,2,10H2,1H3,(H,19,20). The lowest BCUT2D eigenvalue weighted by Crippen LogP contribution is -2.20. The van der Waals surface area contributed by atoms with Crippen LogP contribution in [0, 0.1) is 5.82 Å². The summed E-state index contributed by atoms with van der Waals surface area (Å²) in [5.41, 5.74) is 0.352. The van der Waals surface area contributed by atoms with Gasteiger partial charge in [0, 0.05) is 16.2 Å². The molecule has 116 valence electrons. The maximum absolute atomic E-state index is 13.7. The van der Waals surface area contributed by atoms with Crippen LogP contribution < -0.4 is 14.8 Å². The van der Waals surface area contributed by atoms with Crippen molar-refractivity contribution in [2.75, 3.05) is 18.5 Å². The molecule has 22 heavy (non-hydrogen) atoms. The van der Waals surface area contributed by atoms with Gasteiger partial charge in [-0.15, -0.1) is 0 Å². The Hall–Kier alpha value is -2.08. The van der Waals surface area contributed by atoms with E-state index in [1.54, 1.807) is 25.1 Å². The van der Waals surface area contributed by atoms with Crippen molar-refractivity contribution >= 4 is 27.5 Å². The first kappa shape index (κ1) is 16.3. The molecule has 0 aromatic heterocycles. The Labute approximate surface area is 136 Å². The Bertz CT molecular complexity index is 646. The van der Waals surface area contributed by atoms with E-state index < -0.39 is 5.82 Å². The van der Waals surface area contributed by atoms with Gasteiger partial charge in [-0.25, -0.2) is 4.39 Å². The summed E-state index contributed by atoms with van der Waals surface area (Å²) in [6.07, 6.45) is 0. The first-order chi connectivity index (χ1) is 10.6. The van der Waals surface area contributed by atoms with Crippen LogP contribution in [0.25, 0.3) is 0 Å². The molecule has 0 aliphatic rings. The molecule has 4 nitrogen and oxygen atoms in total. The summed E-state index contributed by atoms with van der Waals surface area (Å²) in [6.45, 7) is 1.99. The van der Waals surface area contributed by atoms with Gasteiger partial charge in [-0.2, -0.15) is 0 Å². The van der Waals surface area contributed by atoms with E-state index in [0.717, 1.165) is 4.47 Å². The van der Waals surface area contributed by atoms with Crippen molar-refractivity contribution in [3.8, 4) is 11.5 Å². The highest BCUT2D eigenvalue weighted by Crippen LogP contribution is 2.21. The predicted molar refractivity (Wildman–Crippen MR) is 85.8 cm³/mol. The highest BCUT2D eigenvalue weighted by molar-refractivity contribution is 9.10. The fourth-order valence-electron chi connectivity index (χ4n) is 1.73. The van der Waals surface area contributed by atoms with Gasteiger partial charge < -0.3 is 14.8 Å². The molecule has 0 unspecified atom stereocenters. The van der Waals surface area contributed by atoms with E-state index in [4.69, 9.17) is 9.47 Å². The minimum atomic E-state index is -0.520. The number of rotatable bonds is 6. The molecular weight excluding hydrogens is 353 g/mol. The van der Waals surface area contributed by atoms with E-state index in [9.17, 15) is 9.18 Å². The molecule has 0 aliphatic carbocycles. The number of hydrogen-bond acceptors (Lipinski definition) is 3. The smallest absolute Gasteiger partial charge is 0.262 e. The normalized spacial score (nSPS) is 10.1. The average molecular weight is 368 g/mol. The van der Waals surface area contributed by atoms with Crippen LogP contribution >= 0.6 is 15.9 Å². The first-order valence-electron chi connectivity index (χ1n) is 6.69. The molecule has 6 heteroatoms. The van der Waals surface area contributed by atoms with Gasteiger partial charge in [-0.1, -0.05) is 15.9 Å². The van der Waals surface area contributed by atoms with E-state index in [1.165, 1.54) is 12.1 Å². The molecule has 0 fully saturated rings. The van der Waals surface area contributed by atoms with Crippen LogP contribution in [-0.2, 0) is 4.79 Å². The number of anilines is 1. The number of carbonyl (C=O) groups is 1. The SMILES string of the molecule is CCOc1ccc(NC(=O)COc2ccc(Br)cc2)cc1F. The van der Waals surface area contributed by atoms with Crippen LogP contribution in [0.4, 0.5) is 10.1 Å². The lowest BCUT2D eigenvalue weighted by atomic mass is 10.3. The van der Waals surface area contributed by atoms with Gasteiger partial charge in [0.2, 0.25) is 0 Å². The fraction of sp³-hybridized carbons (Fsp3) is 0.188. The molecule has 2 rings (SSSR count). The Morgan fingerprint density at radius 3 is 2.55 bits per heavy atom. The third-order valence-corrected chi connectivity index (χ3v) is 3.23. The van der Waals surface area contributed by atoms with Crippen LogP contribution in [0.3, 0.4) is 0 Å². The Kier molecular flexibility index (Phi) is 5.77. The number of hydrogen-bond donors (Lipinski definition) is 1. The first-order valence-corrected chi connectivity index (χ1v) is 7.48. The summed E-state index contributed by atoms with van der Waals surface area (Å²) in [7, 11) is 0. The summed E-state index contributed by atoms with van der Waals surface area (Å²) < 4.78 is 25.0. The van der Waals surface area contributed by atoms with Gasteiger partial charge in [0.25, 0.3) is 5.91 Å². The van der Waals surface area contributed by atoms with Crippen LogP contribution in [-0.4, -0.2) is 19.1 Å². The summed E-state index contributed by atoms with van der Waals surface area (Å²) in [4.78, 5) is 11.8. The van der Waals surface area contributed by atoms with Crippen molar-refractivity contribution in [3.63, 3.8) is 0 Å². The number of benzene rings is 2. The number of ether oxygens (including phenoxy) is 2. The van der Waals surface area contributed by atoms with Crippen LogP contribution in [0.1, 0.15) is 6.92 Å². The summed E-state index contributed by atoms with van der Waals surface area (Å²) in [5.74, 6) is -0.150. The highest BCUT2D eigenvalue weighted by Gasteiger charge is 2.08. The quantitative estimate of drug-likeness (QED) is 0.838.